The van der Waals surface area contributed by atoms with Gasteiger partial charge in [-0.3, -0.25) is 0 Å². The van der Waals surface area contributed by atoms with E-state index in [1.807, 2.05) is 39.8 Å². The van der Waals surface area contributed by atoms with Crippen molar-refractivity contribution in [3.63, 3.8) is 0 Å². The molecule has 1 aliphatic rings. The summed E-state index contributed by atoms with van der Waals surface area (Å²) in [6.07, 6.45) is 5.23. The Bertz CT molecular complexity index is 452. The summed E-state index contributed by atoms with van der Waals surface area (Å²) in [4.78, 5) is 0. The van der Waals surface area contributed by atoms with Crippen molar-refractivity contribution in [1.29, 1.82) is 0 Å². The Morgan fingerprint density at radius 2 is 1.95 bits per heavy atom. The fourth-order valence-electron chi connectivity index (χ4n) is 2.46. The molecule has 0 unspecified atom stereocenters. The van der Waals surface area contributed by atoms with Crippen molar-refractivity contribution in [1.82, 2.24) is 4.72 Å². The van der Waals surface area contributed by atoms with Gasteiger partial charge in [-0.05, 0) is 71.1 Å². The van der Waals surface area contributed by atoms with Gasteiger partial charge in [0.15, 0.2) is 0 Å². The molecule has 4 heteroatoms. The molecule has 1 aromatic rings. The van der Waals surface area contributed by atoms with Gasteiger partial charge in [-0.2, -0.15) is 0 Å². The van der Waals surface area contributed by atoms with Crippen molar-refractivity contribution in [2.24, 2.45) is 0 Å². The van der Waals surface area contributed by atoms with Crippen LogP contribution in [0.5, 0.6) is 5.75 Å². The second kappa shape index (κ2) is 7.03. The molecule has 0 aromatic heterocycles. The van der Waals surface area contributed by atoms with Crippen molar-refractivity contribution >= 4 is 11.4 Å². The van der Waals surface area contributed by atoms with Crippen LogP contribution in [0.25, 0.3) is 0 Å². The Hall–Kier alpha value is -0.710. The fourth-order valence-corrected chi connectivity index (χ4v) is 3.27. The highest BCUT2D eigenvalue weighted by Gasteiger charge is 2.28. The zero-order valence-electron chi connectivity index (χ0n) is 13.5. The first kappa shape index (κ1) is 16.7. The smallest absolute Gasteiger partial charge is 0.136 e. The van der Waals surface area contributed by atoms with Gasteiger partial charge in [-0.1, -0.05) is 12.1 Å². The molecule has 0 heterocycles. The Morgan fingerprint density at radius 1 is 1.29 bits per heavy atom. The van der Waals surface area contributed by atoms with Gasteiger partial charge in [-0.15, -0.1) is 4.72 Å². The molecule has 0 saturated heterocycles. The number of hydrogen-bond donors (Lipinski definition) is 1. The van der Waals surface area contributed by atoms with E-state index in [0.29, 0.717) is 6.10 Å². The maximum Gasteiger partial charge on any atom is 0.136 e. The summed E-state index contributed by atoms with van der Waals surface area (Å²) in [7, 11) is 0. The Balaban J connectivity index is 1.99. The van der Waals surface area contributed by atoms with E-state index >= 15 is 0 Å². The quantitative estimate of drug-likeness (QED) is 0.832. The van der Waals surface area contributed by atoms with E-state index in [1.54, 1.807) is 0 Å². The van der Waals surface area contributed by atoms with E-state index in [9.17, 15) is 4.55 Å². The first-order chi connectivity index (χ1) is 9.86. The highest BCUT2D eigenvalue weighted by Crippen LogP contribution is 2.27. The molecule has 21 heavy (non-hydrogen) atoms. The lowest BCUT2D eigenvalue weighted by molar-refractivity contribution is 0.210. The van der Waals surface area contributed by atoms with Crippen LogP contribution in [0.3, 0.4) is 0 Å². The Labute approximate surface area is 131 Å². The van der Waals surface area contributed by atoms with Crippen LogP contribution in [-0.2, 0) is 11.4 Å². The lowest BCUT2D eigenvalue weighted by Gasteiger charge is -2.26. The summed E-state index contributed by atoms with van der Waals surface area (Å²) in [6.45, 7) is 7.96. The average molecular weight is 309 g/mol. The lowest BCUT2D eigenvalue weighted by atomic mass is 10.1. The van der Waals surface area contributed by atoms with Gasteiger partial charge >= 0.3 is 0 Å². The number of rotatable bonds is 5. The highest BCUT2D eigenvalue weighted by molar-refractivity contribution is 7.90. The van der Waals surface area contributed by atoms with Gasteiger partial charge in [0.1, 0.15) is 10.5 Å². The van der Waals surface area contributed by atoms with E-state index in [2.05, 4.69) is 16.9 Å². The first-order valence-corrected chi connectivity index (χ1v) is 8.96. The lowest BCUT2D eigenvalue weighted by Crippen LogP contribution is -2.40. The molecule has 0 amide bonds. The maximum atomic E-state index is 12.2. The normalized spacial score (nSPS) is 19.5. The van der Waals surface area contributed by atoms with E-state index < -0.39 is 11.4 Å². The van der Waals surface area contributed by atoms with Crippen LogP contribution in [0.4, 0.5) is 0 Å². The summed E-state index contributed by atoms with van der Waals surface area (Å²) in [5, 5.41) is 0. The van der Waals surface area contributed by atoms with Crippen LogP contribution in [0.2, 0.25) is 0 Å². The van der Waals surface area contributed by atoms with Crippen molar-refractivity contribution in [3.8, 4) is 5.75 Å². The molecule has 0 aliphatic heterocycles. The van der Waals surface area contributed by atoms with Crippen molar-refractivity contribution in [2.75, 3.05) is 0 Å². The minimum Gasteiger partial charge on any atom is -0.598 e. The molecule has 0 bridgehead atoms. The molecule has 3 nitrogen and oxygen atoms in total. The molecular weight excluding hydrogens is 282 g/mol. The van der Waals surface area contributed by atoms with Crippen LogP contribution in [0.15, 0.2) is 24.3 Å². The molecular formula is C17H27NO2S. The third-order valence-electron chi connectivity index (χ3n) is 3.80. The van der Waals surface area contributed by atoms with Gasteiger partial charge in [0, 0.05) is 11.4 Å². The predicted molar refractivity (Wildman–Crippen MR) is 88.8 cm³/mol. The molecule has 1 aromatic carbocycles. The van der Waals surface area contributed by atoms with Crippen molar-refractivity contribution < 1.29 is 9.29 Å². The second-order valence-corrected chi connectivity index (χ2v) is 8.82. The largest absolute Gasteiger partial charge is 0.598 e. The zero-order valence-corrected chi connectivity index (χ0v) is 14.3. The van der Waals surface area contributed by atoms with Crippen LogP contribution in [0.1, 0.15) is 65.0 Å². The van der Waals surface area contributed by atoms with Gasteiger partial charge in [-0.25, -0.2) is 0 Å². The van der Waals surface area contributed by atoms with Gasteiger partial charge < -0.3 is 9.29 Å². The topological polar surface area (TPSA) is 44.3 Å². The number of benzene rings is 1. The van der Waals surface area contributed by atoms with E-state index in [0.717, 1.165) is 24.2 Å². The zero-order chi connectivity index (χ0) is 15.5. The molecule has 1 saturated carbocycles. The fraction of sp³-hybridized carbons (Fsp3) is 0.647. The minimum absolute atomic E-state index is 0.0391. The molecule has 2 atom stereocenters. The third kappa shape index (κ3) is 4.90. The molecule has 1 N–H and O–H groups in total. The van der Waals surface area contributed by atoms with Crippen LogP contribution >= 0.6 is 0 Å². The van der Waals surface area contributed by atoms with Crippen LogP contribution in [-0.4, -0.2) is 15.4 Å². The number of nitrogens with one attached hydrogen (secondary N) is 1. The molecule has 1 fully saturated rings. The van der Waals surface area contributed by atoms with Gasteiger partial charge in [0.25, 0.3) is 0 Å². The third-order valence-corrected chi connectivity index (χ3v) is 5.48. The minimum atomic E-state index is -1.07. The summed E-state index contributed by atoms with van der Waals surface area (Å²) in [6, 6.07) is 8.18. The predicted octanol–water partition coefficient (Wildman–Crippen LogP) is 4.12. The van der Waals surface area contributed by atoms with Gasteiger partial charge in [0.2, 0.25) is 0 Å². The molecule has 2 rings (SSSR count). The summed E-state index contributed by atoms with van der Waals surface area (Å²) >= 11 is -1.07. The van der Waals surface area contributed by atoms with Crippen LogP contribution < -0.4 is 9.46 Å². The summed E-state index contributed by atoms with van der Waals surface area (Å²) in [5.41, 5.74) is 1.11. The summed E-state index contributed by atoms with van der Waals surface area (Å²) in [5.74, 6) is 0.926. The Kier molecular flexibility index (Phi) is 5.58. The van der Waals surface area contributed by atoms with Crippen LogP contribution in [0, 0.1) is 0 Å². The summed E-state index contributed by atoms with van der Waals surface area (Å²) < 4.78 is 21.1. The molecule has 118 valence electrons. The highest BCUT2D eigenvalue weighted by atomic mass is 32.2. The monoisotopic (exact) mass is 309 g/mol. The average Bonchev–Trinajstić information content (AvgIpc) is 2.90. The van der Waals surface area contributed by atoms with E-state index in [4.69, 9.17) is 4.74 Å². The molecule has 0 radical (unpaired) electrons. The standard InChI is InChI=1S/C17H27NO2S/c1-13(18-21(19)17(2,3)4)14-8-7-11-16(12-14)20-15-9-5-6-10-15/h7-8,11-13,15,18H,5-6,9-10H2,1-4H3/t13-,21-/m1/s1. The molecule has 0 spiro atoms. The maximum absolute atomic E-state index is 12.2. The van der Waals surface area contributed by atoms with Gasteiger partial charge in [0.05, 0.1) is 12.1 Å². The van der Waals surface area contributed by atoms with Crippen molar-refractivity contribution in [3.05, 3.63) is 29.8 Å². The van der Waals surface area contributed by atoms with E-state index in [1.165, 1.54) is 12.8 Å². The second-order valence-electron chi connectivity index (χ2n) is 6.82. The first-order valence-electron chi connectivity index (χ1n) is 7.81. The number of ether oxygens (including phenoxy) is 1. The van der Waals surface area contributed by atoms with E-state index in [-0.39, 0.29) is 10.8 Å². The SMILES string of the molecule is C[C@@H](N[S@+]([O-])C(C)(C)C)c1cccc(OC2CCCC2)c1. The Morgan fingerprint density at radius 3 is 2.57 bits per heavy atom. The number of hydrogen-bond acceptors (Lipinski definition) is 3. The molecule has 1 aliphatic carbocycles. The van der Waals surface area contributed by atoms with Crippen molar-refractivity contribution in [2.45, 2.75) is 70.3 Å².